The third kappa shape index (κ3) is 0.977. The Labute approximate surface area is 72.6 Å². The average Bonchev–Trinajstić information content (AvgIpc) is 2.42. The summed E-state index contributed by atoms with van der Waals surface area (Å²) in [5.74, 6) is 1.11. The van der Waals surface area contributed by atoms with E-state index in [2.05, 4.69) is 13.8 Å². The van der Waals surface area contributed by atoms with E-state index in [4.69, 9.17) is 4.74 Å². The number of hydrogen-bond donors (Lipinski definition) is 0. The van der Waals surface area contributed by atoms with Crippen LogP contribution in [0.3, 0.4) is 0 Å². The van der Waals surface area contributed by atoms with Gasteiger partial charge in [0.25, 0.3) is 0 Å². The van der Waals surface area contributed by atoms with Crippen LogP contribution >= 0.6 is 0 Å². The Morgan fingerprint density at radius 1 is 1.50 bits per heavy atom. The summed E-state index contributed by atoms with van der Waals surface area (Å²) >= 11 is 0. The summed E-state index contributed by atoms with van der Waals surface area (Å²) < 4.78 is 4.97. The molecular weight excluding hydrogens is 152 g/mol. The molecule has 2 nitrogen and oxygen atoms in total. The molecule has 0 spiro atoms. The number of carbonyl (C=O) groups is 1. The number of fused-ring (bicyclic) bond motifs is 1. The summed E-state index contributed by atoms with van der Waals surface area (Å²) in [5, 5.41) is 0. The van der Waals surface area contributed by atoms with Gasteiger partial charge in [-0.15, -0.1) is 0 Å². The van der Waals surface area contributed by atoms with Gasteiger partial charge in [0.1, 0.15) is 0 Å². The quantitative estimate of drug-likeness (QED) is 0.515. The van der Waals surface area contributed by atoms with Crippen LogP contribution in [0.2, 0.25) is 0 Å². The van der Waals surface area contributed by atoms with Crippen LogP contribution in [-0.2, 0) is 9.53 Å². The number of allylic oxidation sites excluding steroid dienone is 1. The Morgan fingerprint density at radius 3 is 2.92 bits per heavy atom. The molecule has 1 aliphatic heterocycles. The lowest BCUT2D eigenvalue weighted by atomic mass is 9.85. The molecule has 1 unspecified atom stereocenters. The second kappa shape index (κ2) is 2.61. The summed E-state index contributed by atoms with van der Waals surface area (Å²) in [4.78, 5) is 11.4. The predicted octanol–water partition coefficient (Wildman–Crippen LogP) is 2.11. The topological polar surface area (TPSA) is 26.3 Å². The lowest BCUT2D eigenvalue weighted by Crippen LogP contribution is -2.28. The first-order valence-electron chi connectivity index (χ1n) is 4.57. The highest BCUT2D eigenvalue weighted by Crippen LogP contribution is 2.43. The van der Waals surface area contributed by atoms with Gasteiger partial charge in [-0.2, -0.15) is 0 Å². The molecule has 12 heavy (non-hydrogen) atoms. The highest BCUT2D eigenvalue weighted by Gasteiger charge is 2.42. The molecule has 1 saturated carbocycles. The van der Waals surface area contributed by atoms with Crippen molar-refractivity contribution in [1.82, 2.24) is 0 Å². The Kier molecular flexibility index (Phi) is 1.71. The Hall–Kier alpha value is -0.790. The van der Waals surface area contributed by atoms with Gasteiger partial charge in [0.15, 0.2) is 0 Å². The smallest absolute Gasteiger partial charge is 0.314 e. The number of carbonyl (C=O) groups excluding carboxylic acids is 1. The normalized spacial score (nSPS) is 40.3. The van der Waals surface area contributed by atoms with E-state index < -0.39 is 0 Å². The van der Waals surface area contributed by atoms with E-state index >= 15 is 0 Å². The van der Waals surface area contributed by atoms with Gasteiger partial charge in [0.05, 0.1) is 12.2 Å². The first-order chi connectivity index (χ1) is 5.70. The fraction of sp³-hybridized carbons (Fsp3) is 0.700. The van der Waals surface area contributed by atoms with Crippen LogP contribution in [-0.4, -0.2) is 5.97 Å². The maximum absolute atomic E-state index is 11.4. The van der Waals surface area contributed by atoms with Crippen molar-refractivity contribution in [3.63, 3.8) is 0 Å². The molecule has 2 rings (SSSR count). The number of esters is 1. The molecule has 1 heterocycles. The van der Waals surface area contributed by atoms with Crippen molar-refractivity contribution in [2.75, 3.05) is 0 Å². The van der Waals surface area contributed by atoms with E-state index in [9.17, 15) is 4.79 Å². The first-order valence-corrected chi connectivity index (χ1v) is 4.57. The van der Waals surface area contributed by atoms with Gasteiger partial charge >= 0.3 is 5.97 Å². The van der Waals surface area contributed by atoms with E-state index in [1.807, 2.05) is 0 Å². The third-order valence-electron chi connectivity index (χ3n) is 3.20. The van der Waals surface area contributed by atoms with Gasteiger partial charge in [-0.1, -0.05) is 6.92 Å². The second-order valence-corrected chi connectivity index (χ2v) is 3.99. The summed E-state index contributed by atoms with van der Waals surface area (Å²) in [6.07, 6.45) is 3.94. The molecule has 0 aromatic carbocycles. The zero-order valence-corrected chi connectivity index (χ0v) is 7.54. The zero-order chi connectivity index (χ0) is 8.72. The Morgan fingerprint density at radius 2 is 2.25 bits per heavy atom. The van der Waals surface area contributed by atoms with E-state index in [-0.39, 0.29) is 11.9 Å². The monoisotopic (exact) mass is 166 g/mol. The maximum Gasteiger partial charge on any atom is 0.314 e. The largest absolute Gasteiger partial charge is 0.434 e. The molecule has 66 valence electrons. The van der Waals surface area contributed by atoms with Crippen molar-refractivity contribution in [1.29, 1.82) is 0 Å². The molecule has 0 amide bonds. The first kappa shape index (κ1) is 7.84. The minimum absolute atomic E-state index is 0.0180. The molecule has 0 saturated heterocycles. The SMILES string of the molecule is CC1=COC(=O)C2[C@H](C)CC[C@H]12. The Balaban J connectivity index is 2.29. The minimum atomic E-state index is -0.0180. The molecule has 2 heteroatoms. The van der Waals surface area contributed by atoms with Gasteiger partial charge in [-0.3, -0.25) is 4.79 Å². The fourth-order valence-corrected chi connectivity index (χ4v) is 2.42. The van der Waals surface area contributed by atoms with Gasteiger partial charge in [0, 0.05) is 0 Å². The lowest BCUT2D eigenvalue weighted by molar-refractivity contribution is -0.146. The van der Waals surface area contributed by atoms with Gasteiger partial charge in [0.2, 0.25) is 0 Å². The minimum Gasteiger partial charge on any atom is -0.434 e. The molecule has 1 aliphatic carbocycles. The van der Waals surface area contributed by atoms with Crippen LogP contribution < -0.4 is 0 Å². The predicted molar refractivity (Wildman–Crippen MR) is 45.2 cm³/mol. The van der Waals surface area contributed by atoms with E-state index in [1.165, 1.54) is 5.57 Å². The number of rotatable bonds is 0. The molecule has 3 atom stereocenters. The highest BCUT2D eigenvalue weighted by molar-refractivity contribution is 5.75. The van der Waals surface area contributed by atoms with Crippen molar-refractivity contribution in [3.8, 4) is 0 Å². The standard InChI is InChI=1S/C10H14O2/c1-6-3-4-8-7(2)5-12-10(11)9(6)8/h5-6,8-9H,3-4H2,1-2H3/t6-,8-,9?/m1/s1. The lowest BCUT2D eigenvalue weighted by Gasteiger charge is -2.25. The van der Waals surface area contributed by atoms with Gasteiger partial charge < -0.3 is 4.74 Å². The number of cyclic esters (lactones) is 1. The average molecular weight is 166 g/mol. The molecule has 1 fully saturated rings. The third-order valence-corrected chi connectivity index (χ3v) is 3.20. The van der Waals surface area contributed by atoms with Crippen molar-refractivity contribution < 1.29 is 9.53 Å². The maximum atomic E-state index is 11.4. The van der Waals surface area contributed by atoms with E-state index in [1.54, 1.807) is 6.26 Å². The van der Waals surface area contributed by atoms with Crippen LogP contribution in [0.5, 0.6) is 0 Å². The van der Waals surface area contributed by atoms with Crippen LogP contribution in [0, 0.1) is 17.8 Å². The second-order valence-electron chi connectivity index (χ2n) is 3.99. The molecule has 0 N–H and O–H groups in total. The summed E-state index contributed by atoms with van der Waals surface area (Å²) in [5.41, 5.74) is 1.24. The molecule has 0 aromatic rings. The molecular formula is C10H14O2. The number of ether oxygens (including phenoxy) is 1. The fourth-order valence-electron chi connectivity index (χ4n) is 2.42. The van der Waals surface area contributed by atoms with Crippen molar-refractivity contribution in [2.24, 2.45) is 17.8 Å². The van der Waals surface area contributed by atoms with Crippen LogP contribution in [0.15, 0.2) is 11.8 Å². The zero-order valence-electron chi connectivity index (χ0n) is 7.54. The molecule has 0 aromatic heterocycles. The van der Waals surface area contributed by atoms with Crippen molar-refractivity contribution >= 4 is 5.97 Å². The summed E-state index contributed by atoms with van der Waals surface area (Å²) in [6, 6.07) is 0. The Bertz CT molecular complexity index is 242. The van der Waals surface area contributed by atoms with Crippen molar-refractivity contribution in [3.05, 3.63) is 11.8 Å². The number of hydrogen-bond acceptors (Lipinski definition) is 2. The van der Waals surface area contributed by atoms with Gasteiger partial charge in [-0.05, 0) is 37.2 Å². The van der Waals surface area contributed by atoms with Crippen LogP contribution in [0.25, 0.3) is 0 Å². The molecule has 2 aliphatic rings. The molecule has 0 bridgehead atoms. The van der Waals surface area contributed by atoms with Crippen LogP contribution in [0.4, 0.5) is 0 Å². The van der Waals surface area contributed by atoms with Gasteiger partial charge in [-0.25, -0.2) is 0 Å². The molecule has 0 radical (unpaired) electrons. The van der Waals surface area contributed by atoms with Crippen LogP contribution in [0.1, 0.15) is 26.7 Å². The van der Waals surface area contributed by atoms with E-state index in [0.29, 0.717) is 11.8 Å². The summed E-state index contributed by atoms with van der Waals surface area (Å²) in [7, 11) is 0. The van der Waals surface area contributed by atoms with Crippen molar-refractivity contribution in [2.45, 2.75) is 26.7 Å². The summed E-state index contributed by atoms with van der Waals surface area (Å²) in [6.45, 7) is 4.20. The van der Waals surface area contributed by atoms with E-state index in [0.717, 1.165) is 12.8 Å². The highest BCUT2D eigenvalue weighted by atomic mass is 16.5.